The fourth-order valence-electron chi connectivity index (χ4n) is 4.55. The molecule has 3 aromatic rings. The maximum Gasteiger partial charge on any atom is 0.257 e. The van der Waals surface area contributed by atoms with Crippen LogP contribution in [0.1, 0.15) is 58.5 Å². The highest BCUT2D eigenvalue weighted by atomic mass is 32.2. The van der Waals surface area contributed by atoms with Gasteiger partial charge in [0.2, 0.25) is 5.91 Å². The van der Waals surface area contributed by atoms with Gasteiger partial charge in [-0.05, 0) is 41.8 Å². The van der Waals surface area contributed by atoms with Crippen molar-refractivity contribution >= 4 is 46.0 Å². The van der Waals surface area contributed by atoms with Crippen LogP contribution in [0.15, 0.2) is 58.9 Å². The van der Waals surface area contributed by atoms with E-state index in [9.17, 15) is 19.5 Å². The molecule has 41 heavy (non-hydrogen) atoms. The Balaban J connectivity index is 1.26. The predicted molar refractivity (Wildman–Crippen MR) is 163 cm³/mol. The Morgan fingerprint density at radius 2 is 1.76 bits per heavy atom. The van der Waals surface area contributed by atoms with E-state index in [0.717, 1.165) is 28.2 Å². The lowest BCUT2D eigenvalue weighted by Crippen LogP contribution is -2.50. The number of piperazine rings is 1. The minimum atomic E-state index is -0.218. The van der Waals surface area contributed by atoms with Gasteiger partial charge in [0.05, 0.1) is 17.0 Å². The first kappa shape index (κ1) is 30.7. The van der Waals surface area contributed by atoms with Gasteiger partial charge >= 0.3 is 0 Å². The lowest BCUT2D eigenvalue weighted by Gasteiger charge is -2.34. The molecular weight excluding hydrogens is 558 g/mol. The van der Waals surface area contributed by atoms with E-state index >= 15 is 0 Å². The molecule has 1 atom stereocenters. The quantitative estimate of drug-likeness (QED) is 0.268. The summed E-state index contributed by atoms with van der Waals surface area (Å²) in [6.07, 6.45) is 3.67. The largest absolute Gasteiger partial charge is 0.395 e. The highest BCUT2D eigenvalue weighted by molar-refractivity contribution is 8.00. The second kappa shape index (κ2) is 15.1. The van der Waals surface area contributed by atoms with E-state index in [1.165, 1.54) is 11.3 Å². The van der Waals surface area contributed by atoms with Crippen LogP contribution in [0.25, 0.3) is 0 Å². The number of thiazole rings is 1. The van der Waals surface area contributed by atoms with Gasteiger partial charge in [0.15, 0.2) is 5.13 Å². The maximum atomic E-state index is 13.0. The van der Waals surface area contributed by atoms with E-state index in [2.05, 4.69) is 22.5 Å². The number of aliphatic hydroxyl groups excluding tert-OH is 1. The topological polar surface area (TPSA) is 115 Å². The molecule has 1 aliphatic heterocycles. The number of nitrogens with one attached hydrogen (secondary N) is 2. The smallest absolute Gasteiger partial charge is 0.257 e. The van der Waals surface area contributed by atoms with Crippen LogP contribution < -0.4 is 10.6 Å². The molecule has 0 bridgehead atoms. The summed E-state index contributed by atoms with van der Waals surface area (Å²) >= 11 is 3.01. The van der Waals surface area contributed by atoms with Crippen LogP contribution in [0.5, 0.6) is 0 Å². The number of amides is 3. The average molecular weight is 596 g/mol. The van der Waals surface area contributed by atoms with Crippen LogP contribution in [0.4, 0.5) is 5.13 Å². The number of nitrogens with zero attached hydrogens (tertiary/aromatic N) is 3. The van der Waals surface area contributed by atoms with Crippen molar-refractivity contribution in [3.05, 3.63) is 77.0 Å². The van der Waals surface area contributed by atoms with Gasteiger partial charge in [-0.25, -0.2) is 4.98 Å². The van der Waals surface area contributed by atoms with Crippen LogP contribution >= 0.6 is 23.1 Å². The van der Waals surface area contributed by atoms with Crippen LogP contribution in [-0.2, 0) is 17.1 Å². The minimum absolute atomic E-state index is 0.0158. The van der Waals surface area contributed by atoms with Crippen LogP contribution in [0.3, 0.4) is 0 Å². The first-order chi connectivity index (χ1) is 19.9. The Kier molecular flexibility index (Phi) is 11.3. The van der Waals surface area contributed by atoms with E-state index in [4.69, 9.17) is 0 Å². The molecule has 1 aromatic heterocycles. The van der Waals surface area contributed by atoms with Crippen molar-refractivity contribution in [1.29, 1.82) is 0 Å². The molecule has 0 unspecified atom stereocenters. The summed E-state index contributed by atoms with van der Waals surface area (Å²) in [5.74, 6) is 0.475. The van der Waals surface area contributed by atoms with Crippen LogP contribution in [-0.4, -0.2) is 76.4 Å². The summed E-state index contributed by atoms with van der Waals surface area (Å²) in [7, 11) is 0. The molecule has 1 aliphatic rings. The number of hydrogen-bond acceptors (Lipinski definition) is 8. The highest BCUT2D eigenvalue weighted by Crippen LogP contribution is 2.31. The van der Waals surface area contributed by atoms with Gasteiger partial charge < -0.3 is 20.2 Å². The van der Waals surface area contributed by atoms with Crippen molar-refractivity contribution in [1.82, 2.24) is 20.1 Å². The second-order valence-electron chi connectivity index (χ2n) is 9.97. The summed E-state index contributed by atoms with van der Waals surface area (Å²) in [6.45, 7) is 6.60. The zero-order valence-electron chi connectivity index (χ0n) is 23.5. The molecule has 9 nitrogen and oxygen atoms in total. The van der Waals surface area contributed by atoms with Gasteiger partial charge in [-0.3, -0.25) is 19.7 Å². The number of benzene rings is 2. The van der Waals surface area contributed by atoms with E-state index in [-0.39, 0.29) is 30.4 Å². The SMILES string of the molecule is CCC[C@H](CO)NCc1ccc(C(=O)Nc2ncc(SCc3cccc(C(=O)N4CCN(C(C)=O)CC4)c3)s2)cc1. The summed E-state index contributed by atoms with van der Waals surface area (Å²) in [6, 6.07) is 15.1. The van der Waals surface area contributed by atoms with E-state index in [0.29, 0.717) is 54.7 Å². The normalized spacial score (nSPS) is 14.1. The zero-order chi connectivity index (χ0) is 29.2. The van der Waals surface area contributed by atoms with Gasteiger partial charge in [-0.15, -0.1) is 11.8 Å². The average Bonchev–Trinajstić information content (AvgIpc) is 3.45. The molecule has 2 heterocycles. The first-order valence-corrected chi connectivity index (χ1v) is 15.6. The monoisotopic (exact) mass is 595 g/mol. The Morgan fingerprint density at radius 1 is 1.02 bits per heavy atom. The molecule has 0 saturated carbocycles. The molecule has 3 N–H and O–H groups in total. The number of carbonyl (C=O) groups excluding carboxylic acids is 3. The number of anilines is 1. The number of rotatable bonds is 12. The Labute approximate surface area is 249 Å². The van der Waals surface area contributed by atoms with Crippen molar-refractivity contribution in [2.75, 3.05) is 38.1 Å². The van der Waals surface area contributed by atoms with Crippen LogP contribution in [0.2, 0.25) is 0 Å². The third kappa shape index (κ3) is 8.87. The van der Waals surface area contributed by atoms with Gasteiger partial charge in [-0.1, -0.05) is 48.9 Å². The number of aliphatic hydroxyl groups is 1. The molecule has 11 heteroatoms. The summed E-state index contributed by atoms with van der Waals surface area (Å²) < 4.78 is 0.962. The van der Waals surface area contributed by atoms with Crippen molar-refractivity contribution < 1.29 is 19.5 Å². The third-order valence-corrected chi connectivity index (χ3v) is 9.12. The predicted octanol–water partition coefficient (Wildman–Crippen LogP) is 4.24. The highest BCUT2D eigenvalue weighted by Gasteiger charge is 2.23. The fourth-order valence-corrected chi connectivity index (χ4v) is 6.36. The van der Waals surface area contributed by atoms with Crippen molar-refractivity contribution in [2.24, 2.45) is 0 Å². The Morgan fingerprint density at radius 3 is 2.44 bits per heavy atom. The minimum Gasteiger partial charge on any atom is -0.395 e. The van der Waals surface area contributed by atoms with Crippen molar-refractivity contribution in [3.63, 3.8) is 0 Å². The van der Waals surface area contributed by atoms with Gasteiger partial charge in [0, 0.05) is 62.6 Å². The third-order valence-electron chi connectivity index (χ3n) is 6.94. The number of thioether (sulfide) groups is 1. The molecule has 1 saturated heterocycles. The van der Waals surface area contributed by atoms with E-state index in [1.807, 2.05) is 36.4 Å². The standard InChI is InChI=1S/C30H37N5O4S2/c1-3-5-26(19-36)31-17-22-8-10-24(11-9-22)28(38)33-30-32-18-27(41-30)40-20-23-6-4-7-25(16-23)29(39)35-14-12-34(13-15-35)21(2)37/h4,6-11,16,18,26,31,36H,3,5,12-15,17,19-20H2,1-2H3,(H,32,33,38)/t26-/m1/s1. The summed E-state index contributed by atoms with van der Waals surface area (Å²) in [5.41, 5.74) is 3.27. The van der Waals surface area contributed by atoms with Crippen molar-refractivity contribution in [3.8, 4) is 0 Å². The molecule has 0 radical (unpaired) electrons. The molecule has 3 amide bonds. The molecule has 218 valence electrons. The molecule has 0 spiro atoms. The van der Waals surface area contributed by atoms with E-state index in [1.54, 1.807) is 46.8 Å². The summed E-state index contributed by atoms with van der Waals surface area (Å²) in [4.78, 5) is 45.2. The maximum absolute atomic E-state index is 13.0. The fraction of sp³-hybridized carbons (Fsp3) is 0.400. The lowest BCUT2D eigenvalue weighted by atomic mass is 10.1. The molecular formula is C30H37N5O4S2. The van der Waals surface area contributed by atoms with Crippen LogP contribution in [0, 0.1) is 0 Å². The molecule has 1 fully saturated rings. The molecule has 4 rings (SSSR count). The van der Waals surface area contributed by atoms with Gasteiger partial charge in [0.1, 0.15) is 0 Å². The zero-order valence-corrected chi connectivity index (χ0v) is 25.1. The number of carbonyl (C=O) groups is 3. The summed E-state index contributed by atoms with van der Waals surface area (Å²) in [5, 5.41) is 16.2. The number of hydrogen-bond donors (Lipinski definition) is 3. The molecule has 0 aliphatic carbocycles. The van der Waals surface area contributed by atoms with Gasteiger partial charge in [-0.2, -0.15) is 0 Å². The lowest BCUT2D eigenvalue weighted by molar-refractivity contribution is -0.130. The Bertz CT molecular complexity index is 1320. The molecule has 2 aromatic carbocycles. The second-order valence-corrected chi connectivity index (χ2v) is 12.3. The first-order valence-electron chi connectivity index (χ1n) is 13.8. The Hall–Kier alpha value is -3.25. The van der Waals surface area contributed by atoms with Gasteiger partial charge in [0.25, 0.3) is 11.8 Å². The number of aromatic nitrogens is 1. The van der Waals surface area contributed by atoms with E-state index < -0.39 is 0 Å². The van der Waals surface area contributed by atoms with Crippen molar-refractivity contribution in [2.45, 2.75) is 49.2 Å².